The average molecular weight is 167 g/mol. The molecular weight excluding hydrogens is 158 g/mol. The number of nitrogens with two attached hydrogens (primary N) is 1. The van der Waals surface area contributed by atoms with Crippen LogP contribution in [0.15, 0.2) is 12.4 Å². The van der Waals surface area contributed by atoms with Crippen molar-refractivity contribution in [1.82, 2.24) is 19.3 Å². The zero-order valence-electron chi connectivity index (χ0n) is 6.64. The zero-order chi connectivity index (χ0) is 8.55. The van der Waals surface area contributed by atoms with Crippen molar-refractivity contribution in [2.24, 2.45) is 0 Å². The highest BCUT2D eigenvalue weighted by molar-refractivity contribution is 5.36. The molecule has 6 nitrogen and oxygen atoms in total. The molecule has 6 heteroatoms. The van der Waals surface area contributed by atoms with Gasteiger partial charge in [0.2, 0.25) is 5.95 Å². The van der Waals surface area contributed by atoms with Gasteiger partial charge in [0.1, 0.15) is 6.61 Å². The minimum absolute atomic E-state index is 0.364. The monoisotopic (exact) mass is 167 g/mol. The summed E-state index contributed by atoms with van der Waals surface area (Å²) in [6.07, 6.45) is 3.49. The molecule has 0 radical (unpaired) electrons. The van der Waals surface area contributed by atoms with Gasteiger partial charge in [-0.15, -0.1) is 10.2 Å². The van der Waals surface area contributed by atoms with Gasteiger partial charge in [0.25, 0.3) is 5.78 Å². The largest absolute Gasteiger partial charge is 0.411 e. The Bertz CT molecular complexity index is 389. The number of hydrogen-bond donors (Lipinski definition) is 1. The lowest BCUT2D eigenvalue weighted by atomic mass is 10.9. The van der Waals surface area contributed by atoms with Crippen LogP contribution in [0.3, 0.4) is 0 Å². The number of nitrogen functional groups attached to an aromatic ring is 1. The van der Waals surface area contributed by atoms with Gasteiger partial charge >= 0.3 is 0 Å². The first-order valence-corrected chi connectivity index (χ1v) is 3.63. The summed E-state index contributed by atoms with van der Waals surface area (Å²) in [5.74, 6) is 0.956. The van der Waals surface area contributed by atoms with Crippen LogP contribution in [0.5, 0.6) is 0 Å². The lowest BCUT2D eigenvalue weighted by Gasteiger charge is -1.99. The summed E-state index contributed by atoms with van der Waals surface area (Å²) < 4.78 is 3.18. The van der Waals surface area contributed by atoms with Crippen molar-refractivity contribution >= 4 is 11.7 Å². The van der Waals surface area contributed by atoms with E-state index in [4.69, 9.17) is 10.6 Å². The molecule has 0 fully saturated rings. The standard InChI is InChI=1S/C6H9N5O/c1-2-12-11-4-3-10-5(7)8-9-6(10)11/h3-4H,2H2,1H3,(H2,7,8). The van der Waals surface area contributed by atoms with E-state index < -0.39 is 0 Å². The molecule has 0 atom stereocenters. The fraction of sp³-hybridized carbons (Fsp3) is 0.333. The molecule has 12 heavy (non-hydrogen) atoms. The van der Waals surface area contributed by atoms with Crippen molar-refractivity contribution in [3.05, 3.63) is 12.4 Å². The molecule has 0 saturated carbocycles. The maximum atomic E-state index is 5.51. The molecule has 0 bridgehead atoms. The molecule has 2 aromatic rings. The van der Waals surface area contributed by atoms with Crippen molar-refractivity contribution in [1.29, 1.82) is 0 Å². The van der Waals surface area contributed by atoms with Crippen LogP contribution in [0.25, 0.3) is 5.78 Å². The molecule has 2 N–H and O–H groups in total. The molecule has 0 aliphatic carbocycles. The summed E-state index contributed by atoms with van der Waals surface area (Å²) >= 11 is 0. The number of imidazole rings is 1. The number of hydrogen-bond acceptors (Lipinski definition) is 4. The lowest BCUT2D eigenvalue weighted by molar-refractivity contribution is 0.130. The normalized spacial score (nSPS) is 10.8. The van der Waals surface area contributed by atoms with E-state index in [1.807, 2.05) is 6.92 Å². The van der Waals surface area contributed by atoms with Crippen LogP contribution >= 0.6 is 0 Å². The number of aromatic nitrogens is 4. The van der Waals surface area contributed by atoms with Crippen LogP contribution in [0, 0.1) is 0 Å². The first-order chi connectivity index (χ1) is 5.83. The Balaban J connectivity index is 2.55. The van der Waals surface area contributed by atoms with Gasteiger partial charge in [0, 0.05) is 6.20 Å². The van der Waals surface area contributed by atoms with E-state index in [1.54, 1.807) is 16.8 Å². The molecule has 0 spiro atoms. The molecule has 0 aliphatic rings. The average Bonchev–Trinajstić information content (AvgIpc) is 2.58. The van der Waals surface area contributed by atoms with E-state index in [0.29, 0.717) is 18.3 Å². The van der Waals surface area contributed by atoms with Gasteiger partial charge in [-0.3, -0.25) is 4.40 Å². The molecule has 0 unspecified atom stereocenters. The highest BCUT2D eigenvalue weighted by atomic mass is 16.7. The van der Waals surface area contributed by atoms with E-state index in [0.717, 1.165) is 0 Å². The smallest absolute Gasteiger partial charge is 0.270 e. The van der Waals surface area contributed by atoms with Crippen molar-refractivity contribution in [2.45, 2.75) is 6.92 Å². The lowest BCUT2D eigenvalue weighted by Crippen LogP contribution is -2.09. The quantitative estimate of drug-likeness (QED) is 0.658. The fourth-order valence-corrected chi connectivity index (χ4v) is 1.02. The highest BCUT2D eigenvalue weighted by Gasteiger charge is 2.05. The first kappa shape index (κ1) is 6.96. The first-order valence-electron chi connectivity index (χ1n) is 3.63. The van der Waals surface area contributed by atoms with Gasteiger partial charge in [0.15, 0.2) is 0 Å². The second kappa shape index (κ2) is 2.40. The molecule has 0 aromatic carbocycles. The summed E-state index contributed by atoms with van der Waals surface area (Å²) in [4.78, 5) is 5.21. The Morgan fingerprint density at radius 3 is 3.08 bits per heavy atom. The van der Waals surface area contributed by atoms with Crippen molar-refractivity contribution in [3.63, 3.8) is 0 Å². The van der Waals surface area contributed by atoms with Crippen LogP contribution in [0.1, 0.15) is 6.92 Å². The molecule has 2 aromatic heterocycles. The Kier molecular flexibility index (Phi) is 1.39. The van der Waals surface area contributed by atoms with Crippen LogP contribution in [-0.4, -0.2) is 25.9 Å². The summed E-state index contributed by atoms with van der Waals surface area (Å²) in [5, 5.41) is 7.51. The van der Waals surface area contributed by atoms with Gasteiger partial charge in [-0.25, -0.2) is 0 Å². The van der Waals surface area contributed by atoms with Crippen molar-refractivity contribution in [3.8, 4) is 0 Å². The van der Waals surface area contributed by atoms with Gasteiger partial charge in [0.05, 0.1) is 6.20 Å². The third kappa shape index (κ3) is 0.810. The van der Waals surface area contributed by atoms with E-state index in [2.05, 4.69) is 10.2 Å². The van der Waals surface area contributed by atoms with Gasteiger partial charge in [-0.1, -0.05) is 0 Å². The Morgan fingerprint density at radius 2 is 2.33 bits per heavy atom. The second-order valence-electron chi connectivity index (χ2n) is 2.27. The van der Waals surface area contributed by atoms with Crippen LogP contribution in [0.2, 0.25) is 0 Å². The van der Waals surface area contributed by atoms with Crippen LogP contribution in [-0.2, 0) is 0 Å². The van der Waals surface area contributed by atoms with Crippen LogP contribution in [0.4, 0.5) is 5.95 Å². The van der Waals surface area contributed by atoms with E-state index in [9.17, 15) is 0 Å². The summed E-state index contributed by atoms with van der Waals surface area (Å²) in [6, 6.07) is 0. The topological polar surface area (TPSA) is 70.4 Å². The Morgan fingerprint density at radius 1 is 1.50 bits per heavy atom. The second-order valence-corrected chi connectivity index (χ2v) is 2.27. The van der Waals surface area contributed by atoms with E-state index >= 15 is 0 Å². The van der Waals surface area contributed by atoms with Crippen molar-refractivity contribution in [2.75, 3.05) is 12.3 Å². The fourth-order valence-electron chi connectivity index (χ4n) is 1.02. The number of rotatable bonds is 2. The van der Waals surface area contributed by atoms with Crippen LogP contribution < -0.4 is 10.6 Å². The third-order valence-electron chi connectivity index (χ3n) is 1.52. The zero-order valence-corrected chi connectivity index (χ0v) is 6.64. The van der Waals surface area contributed by atoms with Gasteiger partial charge in [-0.05, 0) is 6.92 Å². The maximum absolute atomic E-state index is 5.51. The molecule has 0 aliphatic heterocycles. The van der Waals surface area contributed by atoms with E-state index in [1.165, 1.54) is 4.73 Å². The SMILES string of the molecule is CCOn1ccn2c(N)nnc12. The molecule has 0 amide bonds. The Hall–Kier alpha value is -1.72. The van der Waals surface area contributed by atoms with E-state index in [-0.39, 0.29) is 0 Å². The molecule has 0 saturated heterocycles. The number of anilines is 1. The number of nitrogens with zero attached hydrogens (tertiary/aromatic N) is 4. The summed E-state index contributed by atoms with van der Waals surface area (Å²) in [6.45, 7) is 2.48. The number of fused-ring (bicyclic) bond motifs is 1. The highest BCUT2D eigenvalue weighted by Crippen LogP contribution is 2.04. The molecular formula is C6H9N5O. The Labute approximate surface area is 68.5 Å². The van der Waals surface area contributed by atoms with Gasteiger partial charge in [-0.2, -0.15) is 4.73 Å². The third-order valence-corrected chi connectivity index (χ3v) is 1.52. The maximum Gasteiger partial charge on any atom is 0.270 e. The van der Waals surface area contributed by atoms with Gasteiger partial charge < -0.3 is 10.6 Å². The summed E-state index contributed by atoms with van der Waals surface area (Å²) in [5.41, 5.74) is 5.51. The van der Waals surface area contributed by atoms with Crippen molar-refractivity contribution < 1.29 is 4.84 Å². The minimum Gasteiger partial charge on any atom is -0.411 e. The predicted molar refractivity (Wildman–Crippen MR) is 42.5 cm³/mol. The molecule has 2 heterocycles. The molecule has 2 rings (SSSR count). The summed E-state index contributed by atoms with van der Waals surface area (Å²) in [7, 11) is 0. The minimum atomic E-state index is 0.364. The predicted octanol–water partition coefficient (Wildman–Crippen LogP) is -0.439. The molecule has 64 valence electrons.